The number of amides is 1. The molecule has 0 radical (unpaired) electrons. The Balaban J connectivity index is 0.00000370. The van der Waals surface area contributed by atoms with Gasteiger partial charge in [0.1, 0.15) is 11.5 Å². The number of aromatic nitrogens is 2. The number of primary sulfonamides is 1. The summed E-state index contributed by atoms with van der Waals surface area (Å²) in [5, 5.41) is 5.02. The number of carbonyl (C=O) groups is 1. The maximum absolute atomic E-state index is 15.0. The van der Waals surface area contributed by atoms with Crippen LogP contribution < -0.4 is 15.4 Å². The van der Waals surface area contributed by atoms with Crippen LogP contribution in [0.2, 0.25) is 0 Å². The van der Waals surface area contributed by atoms with Crippen LogP contribution in [0, 0.1) is 5.82 Å². The minimum atomic E-state index is -4.16. The van der Waals surface area contributed by atoms with Gasteiger partial charge in [-0.3, -0.25) is 9.59 Å². The number of benzene rings is 2. The van der Waals surface area contributed by atoms with Crippen LogP contribution in [-0.4, -0.2) is 37.5 Å². The Morgan fingerprint density at radius 1 is 1.12 bits per heavy atom. The molecular weight excluding hydrogens is 559 g/mol. The molecule has 1 amide bonds. The van der Waals surface area contributed by atoms with E-state index in [9.17, 15) is 30.8 Å². The van der Waals surface area contributed by atoms with Crippen LogP contribution in [0.1, 0.15) is 48.8 Å². The molecule has 2 aromatic carbocycles. The summed E-state index contributed by atoms with van der Waals surface area (Å²) >= 11 is 0. The van der Waals surface area contributed by atoms with Crippen molar-refractivity contribution in [2.75, 3.05) is 0 Å². The van der Waals surface area contributed by atoms with Crippen molar-refractivity contribution in [2.45, 2.75) is 50.3 Å². The Bertz CT molecular complexity index is 1910. The van der Waals surface area contributed by atoms with E-state index in [0.29, 0.717) is 30.2 Å². The number of hydrogen-bond acceptors (Lipinski definition) is 6. The number of rotatable bonds is 8. The lowest BCUT2D eigenvalue weighted by molar-refractivity contribution is 0.0973. The Labute approximate surface area is 231 Å². The highest BCUT2D eigenvalue weighted by Gasteiger charge is 2.38. The summed E-state index contributed by atoms with van der Waals surface area (Å²) in [4.78, 5) is 28.9. The molecule has 1 fully saturated rings. The zero-order chi connectivity index (χ0) is 28.1. The zero-order valence-corrected chi connectivity index (χ0v) is 22.4. The lowest BCUT2D eigenvalue weighted by atomic mass is 10.0. The Hall–Kier alpha value is -3.81. The monoisotopic (exact) mass is 588 g/mol. The second kappa shape index (κ2) is 10.6. The topological polar surface area (TPSA) is 161 Å². The minimum absolute atomic E-state index is 0. The summed E-state index contributed by atoms with van der Waals surface area (Å²) in [5.74, 6) is -1.75. The molecule has 0 atom stereocenters. The van der Waals surface area contributed by atoms with Crippen LogP contribution in [0.3, 0.4) is 0 Å². The normalized spacial score (nSPS) is 13.7. The zero-order valence-electron chi connectivity index (χ0n) is 20.8. The molecule has 0 spiro atoms. The number of hydrogen-bond donors (Lipinski definition) is 3. The first-order valence-electron chi connectivity index (χ1n) is 12.1. The summed E-state index contributed by atoms with van der Waals surface area (Å²) in [5.41, 5.74) is 0.786. The molecule has 0 unspecified atom stereocenters. The van der Waals surface area contributed by atoms with Gasteiger partial charge in [0.15, 0.2) is 0 Å². The fraction of sp³-hybridized carbons (Fsp3) is 0.259. The van der Waals surface area contributed by atoms with Crippen LogP contribution in [0.15, 0.2) is 64.4 Å². The predicted octanol–water partition coefficient (Wildman–Crippen LogP) is 3.25. The first-order chi connectivity index (χ1) is 18.4. The van der Waals surface area contributed by atoms with Crippen LogP contribution in [0.25, 0.3) is 22.0 Å². The van der Waals surface area contributed by atoms with E-state index in [0.717, 1.165) is 23.8 Å². The van der Waals surface area contributed by atoms with Gasteiger partial charge in [-0.05, 0) is 67.3 Å². The molecule has 4 N–H and O–H groups in total. The number of H-pyrrole nitrogens is 1. The van der Waals surface area contributed by atoms with Gasteiger partial charge >= 0.3 is 0 Å². The van der Waals surface area contributed by atoms with Crippen molar-refractivity contribution in [2.24, 2.45) is 5.14 Å². The number of pyridine rings is 1. The van der Waals surface area contributed by atoms with Gasteiger partial charge in [0.25, 0.3) is 11.5 Å². The Kier molecular flexibility index (Phi) is 7.76. The number of carbonyl (C=O) groups excluding carboxylic acids is 1. The van der Waals surface area contributed by atoms with Crippen molar-refractivity contribution in [3.8, 4) is 11.1 Å². The summed E-state index contributed by atoms with van der Waals surface area (Å²) in [6.07, 6.45) is 2.90. The molecule has 10 nitrogen and oxygen atoms in total. The number of aryl methyl sites for hydroxylation is 1. The number of aromatic amines is 1. The lowest BCUT2D eigenvalue weighted by Gasteiger charge is -2.14. The number of nitrogens with one attached hydrogen (secondary N) is 2. The average molecular weight is 589 g/mol. The fourth-order valence-electron chi connectivity index (χ4n) is 4.57. The second-order valence-electron chi connectivity index (χ2n) is 9.40. The Morgan fingerprint density at radius 3 is 2.48 bits per heavy atom. The molecular formula is C27H29FN4O6S2. The third-order valence-corrected chi connectivity index (χ3v) is 9.44. The molecule has 5 rings (SSSR count). The number of sulfonamides is 2. The minimum Gasteiger partial charge on any atom is -0.331 e. The van der Waals surface area contributed by atoms with E-state index in [1.54, 1.807) is 24.3 Å². The van der Waals surface area contributed by atoms with Gasteiger partial charge in [0.2, 0.25) is 20.0 Å². The third-order valence-electron chi connectivity index (χ3n) is 6.71. The molecule has 13 heteroatoms. The fourth-order valence-corrected chi connectivity index (χ4v) is 6.41. The summed E-state index contributed by atoms with van der Waals surface area (Å²) in [6.45, 7) is 1.57. The highest BCUT2D eigenvalue weighted by molar-refractivity contribution is 7.91. The van der Waals surface area contributed by atoms with Crippen molar-refractivity contribution < 1.29 is 26.0 Å². The van der Waals surface area contributed by atoms with Crippen LogP contribution in [0.4, 0.5) is 4.39 Å². The molecule has 2 heterocycles. The molecule has 0 bridgehead atoms. The SMILES string of the molecule is C.CCc1ccc2c(c1)c(-c1ccc[nH]c1=O)c(C(=O)NS(=O)(=O)C1CC1)n2Cc1cc(S(N)(=O)=O)ccc1F. The van der Waals surface area contributed by atoms with Crippen molar-refractivity contribution in [3.63, 3.8) is 0 Å². The molecule has 40 heavy (non-hydrogen) atoms. The van der Waals surface area contributed by atoms with Gasteiger partial charge in [-0.15, -0.1) is 0 Å². The van der Waals surface area contributed by atoms with E-state index in [1.807, 2.05) is 6.92 Å². The number of nitrogens with zero attached hydrogens (tertiary/aromatic N) is 1. The van der Waals surface area contributed by atoms with Crippen LogP contribution in [0.5, 0.6) is 0 Å². The first-order valence-corrected chi connectivity index (χ1v) is 15.2. The van der Waals surface area contributed by atoms with Crippen molar-refractivity contribution >= 4 is 36.9 Å². The standard InChI is InChI=1S/C26H25FN4O6S2.CH4/c1-2-15-5-10-22-20(12-15)23(19-4-3-11-29-25(19)32)24(26(33)30-39(36,37)17-6-7-17)31(22)14-16-13-18(38(28,34)35)8-9-21(16)27;/h3-5,8-13,17H,2,6-7,14H2,1H3,(H,29,32)(H,30,33)(H2,28,34,35);1H4. The van der Waals surface area contributed by atoms with Crippen molar-refractivity contribution in [1.29, 1.82) is 0 Å². The van der Waals surface area contributed by atoms with Gasteiger partial charge in [-0.2, -0.15) is 0 Å². The van der Waals surface area contributed by atoms with Gasteiger partial charge in [0.05, 0.1) is 16.7 Å². The summed E-state index contributed by atoms with van der Waals surface area (Å²) in [6, 6.07) is 11.4. The van der Waals surface area contributed by atoms with E-state index in [-0.39, 0.29) is 41.3 Å². The molecule has 212 valence electrons. The smallest absolute Gasteiger partial charge is 0.282 e. The second-order valence-corrected chi connectivity index (χ2v) is 12.9. The average Bonchev–Trinajstić information content (AvgIpc) is 3.69. The number of fused-ring (bicyclic) bond motifs is 1. The molecule has 1 aliphatic rings. The molecule has 4 aromatic rings. The maximum atomic E-state index is 15.0. The largest absolute Gasteiger partial charge is 0.331 e. The Morgan fingerprint density at radius 2 is 1.85 bits per heavy atom. The number of halogens is 1. The van der Waals surface area contributed by atoms with Crippen molar-refractivity contribution in [1.82, 2.24) is 14.3 Å². The third kappa shape index (κ3) is 5.44. The summed E-state index contributed by atoms with van der Waals surface area (Å²) in [7, 11) is -8.15. The van der Waals surface area contributed by atoms with Gasteiger partial charge < -0.3 is 9.55 Å². The van der Waals surface area contributed by atoms with E-state index >= 15 is 0 Å². The van der Waals surface area contributed by atoms with Gasteiger partial charge in [-0.25, -0.2) is 31.1 Å². The molecule has 0 aliphatic heterocycles. The molecule has 1 aliphatic carbocycles. The predicted molar refractivity (Wildman–Crippen MR) is 150 cm³/mol. The first kappa shape index (κ1) is 29.2. The van der Waals surface area contributed by atoms with E-state index in [2.05, 4.69) is 9.71 Å². The molecule has 1 saturated carbocycles. The summed E-state index contributed by atoms with van der Waals surface area (Å²) < 4.78 is 67.8. The van der Waals surface area contributed by atoms with Gasteiger partial charge in [0, 0.05) is 33.8 Å². The molecule has 0 saturated heterocycles. The number of nitrogens with two attached hydrogens (primary N) is 1. The highest BCUT2D eigenvalue weighted by atomic mass is 32.2. The highest BCUT2D eigenvalue weighted by Crippen LogP contribution is 2.36. The lowest BCUT2D eigenvalue weighted by Crippen LogP contribution is -2.35. The molecule has 2 aromatic heterocycles. The van der Waals surface area contributed by atoms with Gasteiger partial charge in [-0.1, -0.05) is 20.4 Å². The quantitative estimate of drug-likeness (QED) is 0.286. The van der Waals surface area contributed by atoms with E-state index in [1.165, 1.54) is 16.8 Å². The maximum Gasteiger partial charge on any atom is 0.282 e. The van der Waals surface area contributed by atoms with Crippen LogP contribution >= 0.6 is 0 Å². The van der Waals surface area contributed by atoms with E-state index in [4.69, 9.17) is 5.14 Å². The van der Waals surface area contributed by atoms with Crippen molar-refractivity contribution in [3.05, 3.63) is 87.7 Å². The van der Waals surface area contributed by atoms with Crippen LogP contribution in [-0.2, 0) is 33.0 Å². The van der Waals surface area contributed by atoms with E-state index < -0.39 is 42.6 Å².